The molecule has 0 atom stereocenters. The van der Waals surface area contributed by atoms with Gasteiger partial charge >= 0.3 is 11.9 Å². The molecule has 43 heavy (non-hydrogen) atoms. The standard InChI is InChI=1S/C36H52O7/c1-26(2)24-42-33(38)35(5,6)17-9-19-40-31-15-13-28(14-16-31)11-12-29-21-30(37)23-32(22-29)41-20-10-18-36(7,8)34(39)43-25-27(3)4/h11-16,21-23,26-27,37H,9-10,17-20,24-25H2,1-8H3/b12-11+. The highest BCUT2D eigenvalue weighted by atomic mass is 16.5. The summed E-state index contributed by atoms with van der Waals surface area (Å²) >= 11 is 0. The van der Waals surface area contributed by atoms with Crippen molar-refractivity contribution in [3.63, 3.8) is 0 Å². The van der Waals surface area contributed by atoms with Crippen LogP contribution in [0.15, 0.2) is 42.5 Å². The molecule has 7 heteroatoms. The number of benzene rings is 2. The van der Waals surface area contributed by atoms with Crippen molar-refractivity contribution in [3.05, 3.63) is 53.6 Å². The van der Waals surface area contributed by atoms with Gasteiger partial charge in [-0.3, -0.25) is 9.59 Å². The molecule has 0 fully saturated rings. The van der Waals surface area contributed by atoms with Gasteiger partial charge in [-0.2, -0.15) is 0 Å². The molecule has 0 unspecified atom stereocenters. The third kappa shape index (κ3) is 13.6. The van der Waals surface area contributed by atoms with Crippen LogP contribution >= 0.6 is 0 Å². The molecule has 2 aromatic carbocycles. The van der Waals surface area contributed by atoms with Gasteiger partial charge in [0.15, 0.2) is 0 Å². The topological polar surface area (TPSA) is 91.3 Å². The minimum absolute atomic E-state index is 0.120. The number of ether oxygens (including phenoxy) is 4. The molecular weight excluding hydrogens is 544 g/mol. The highest BCUT2D eigenvalue weighted by molar-refractivity contribution is 5.76. The molecule has 0 amide bonds. The summed E-state index contributed by atoms with van der Waals surface area (Å²) in [4.78, 5) is 24.7. The van der Waals surface area contributed by atoms with Gasteiger partial charge in [-0.1, -0.05) is 52.0 Å². The van der Waals surface area contributed by atoms with Gasteiger partial charge < -0.3 is 24.1 Å². The number of hydrogen-bond acceptors (Lipinski definition) is 7. The van der Waals surface area contributed by atoms with Crippen LogP contribution in [0, 0.1) is 22.7 Å². The fraction of sp³-hybridized carbons (Fsp3) is 0.556. The first kappa shape index (κ1) is 35.7. The maximum atomic E-state index is 12.4. The zero-order valence-electron chi connectivity index (χ0n) is 27.4. The molecule has 2 aromatic rings. The molecule has 0 aliphatic rings. The number of rotatable bonds is 18. The lowest BCUT2D eigenvalue weighted by Gasteiger charge is -2.23. The molecule has 0 aliphatic carbocycles. The van der Waals surface area contributed by atoms with Crippen LogP contribution in [0.5, 0.6) is 17.2 Å². The Kier molecular flexibility index (Phi) is 14.1. The lowest BCUT2D eigenvalue weighted by Crippen LogP contribution is -2.28. The van der Waals surface area contributed by atoms with Gasteiger partial charge in [0.2, 0.25) is 0 Å². The van der Waals surface area contributed by atoms with Crippen molar-refractivity contribution in [2.45, 2.75) is 81.1 Å². The SMILES string of the molecule is CC(C)COC(=O)C(C)(C)CCCOc1ccc(/C=C/c2cc(O)cc(OCCCC(C)(C)C(=O)OCC(C)C)c2)cc1. The molecule has 238 valence electrons. The fourth-order valence-corrected chi connectivity index (χ4v) is 4.14. The van der Waals surface area contributed by atoms with Crippen molar-refractivity contribution in [2.24, 2.45) is 22.7 Å². The predicted molar refractivity (Wildman–Crippen MR) is 172 cm³/mol. The Bertz CT molecular complexity index is 1180. The number of hydrogen-bond donors (Lipinski definition) is 1. The van der Waals surface area contributed by atoms with Crippen molar-refractivity contribution in [1.29, 1.82) is 0 Å². The van der Waals surface area contributed by atoms with Gasteiger partial charge in [0.05, 0.1) is 37.3 Å². The molecule has 1 N–H and O–H groups in total. The predicted octanol–water partition coefficient (Wildman–Crippen LogP) is 8.33. The maximum absolute atomic E-state index is 12.4. The lowest BCUT2D eigenvalue weighted by atomic mass is 9.88. The van der Waals surface area contributed by atoms with Crippen molar-refractivity contribution in [3.8, 4) is 17.2 Å². The van der Waals surface area contributed by atoms with Crippen LogP contribution in [-0.2, 0) is 19.1 Å². The third-order valence-electron chi connectivity index (χ3n) is 6.89. The van der Waals surface area contributed by atoms with Crippen LogP contribution in [-0.4, -0.2) is 43.5 Å². The molecule has 2 rings (SSSR count). The smallest absolute Gasteiger partial charge is 0.311 e. The molecule has 0 aromatic heterocycles. The van der Waals surface area contributed by atoms with Crippen molar-refractivity contribution in [1.82, 2.24) is 0 Å². The fourth-order valence-electron chi connectivity index (χ4n) is 4.14. The first-order chi connectivity index (χ1) is 20.2. The molecule has 0 saturated heterocycles. The van der Waals surface area contributed by atoms with Gasteiger partial charge in [0.25, 0.3) is 0 Å². The molecule has 0 spiro atoms. The molecule has 0 heterocycles. The Balaban J connectivity index is 1.81. The summed E-state index contributed by atoms with van der Waals surface area (Å²) in [5.41, 5.74) is 0.676. The second-order valence-electron chi connectivity index (χ2n) is 13.3. The van der Waals surface area contributed by atoms with E-state index in [0.29, 0.717) is 63.3 Å². The zero-order chi connectivity index (χ0) is 32.0. The van der Waals surface area contributed by atoms with Crippen molar-refractivity contribution in [2.75, 3.05) is 26.4 Å². The summed E-state index contributed by atoms with van der Waals surface area (Å²) in [5.74, 6) is 1.73. The summed E-state index contributed by atoms with van der Waals surface area (Å²) in [6.45, 7) is 17.5. The van der Waals surface area contributed by atoms with Gasteiger partial charge in [0.1, 0.15) is 17.2 Å². The van der Waals surface area contributed by atoms with Gasteiger partial charge in [0, 0.05) is 6.07 Å². The average molecular weight is 597 g/mol. The molecule has 0 aliphatic heterocycles. The van der Waals surface area contributed by atoms with E-state index < -0.39 is 10.8 Å². The highest BCUT2D eigenvalue weighted by Crippen LogP contribution is 2.28. The van der Waals surface area contributed by atoms with Gasteiger partial charge in [-0.05, 0) is 101 Å². The molecular formula is C36H52O7. The molecule has 0 radical (unpaired) electrons. The van der Waals surface area contributed by atoms with E-state index in [1.54, 1.807) is 12.1 Å². The Morgan fingerprint density at radius 3 is 1.65 bits per heavy atom. The molecule has 0 saturated carbocycles. The normalized spacial score (nSPS) is 12.1. The highest BCUT2D eigenvalue weighted by Gasteiger charge is 2.30. The Morgan fingerprint density at radius 2 is 1.16 bits per heavy atom. The largest absolute Gasteiger partial charge is 0.508 e. The quantitative estimate of drug-likeness (QED) is 0.105. The first-order valence-corrected chi connectivity index (χ1v) is 15.4. The van der Waals surface area contributed by atoms with Gasteiger partial charge in [-0.25, -0.2) is 0 Å². The van der Waals surface area contributed by atoms with Crippen LogP contribution in [0.3, 0.4) is 0 Å². The number of carbonyl (C=O) groups is 2. The zero-order valence-corrected chi connectivity index (χ0v) is 27.4. The molecule has 0 bridgehead atoms. The monoisotopic (exact) mass is 596 g/mol. The van der Waals surface area contributed by atoms with Gasteiger partial charge in [-0.15, -0.1) is 0 Å². The second-order valence-corrected chi connectivity index (χ2v) is 13.3. The minimum atomic E-state index is -0.578. The number of carbonyl (C=O) groups excluding carboxylic acids is 2. The Hall–Kier alpha value is -3.48. The second kappa shape index (κ2) is 17.0. The average Bonchev–Trinajstić information content (AvgIpc) is 2.94. The summed E-state index contributed by atoms with van der Waals surface area (Å²) in [6, 6.07) is 12.9. The summed E-state index contributed by atoms with van der Waals surface area (Å²) in [5, 5.41) is 10.2. The van der Waals surface area contributed by atoms with Crippen molar-refractivity contribution >= 4 is 24.1 Å². The third-order valence-corrected chi connectivity index (χ3v) is 6.89. The van der Waals surface area contributed by atoms with E-state index in [4.69, 9.17) is 18.9 Å². The Labute approximate surface area is 258 Å². The first-order valence-electron chi connectivity index (χ1n) is 15.4. The van der Waals surface area contributed by atoms with Crippen molar-refractivity contribution < 1.29 is 33.6 Å². The van der Waals surface area contributed by atoms with Crippen LogP contribution < -0.4 is 9.47 Å². The summed E-state index contributed by atoms with van der Waals surface area (Å²) < 4.78 is 22.6. The van der Waals surface area contributed by atoms with Crippen LogP contribution in [0.4, 0.5) is 0 Å². The molecule has 7 nitrogen and oxygen atoms in total. The number of aromatic hydroxyl groups is 1. The minimum Gasteiger partial charge on any atom is -0.508 e. The number of esters is 2. The van der Waals surface area contributed by atoms with E-state index in [1.165, 1.54) is 0 Å². The van der Waals surface area contributed by atoms with E-state index >= 15 is 0 Å². The summed E-state index contributed by atoms with van der Waals surface area (Å²) in [7, 11) is 0. The van der Waals surface area contributed by atoms with E-state index in [9.17, 15) is 14.7 Å². The number of phenols is 1. The van der Waals surface area contributed by atoms with E-state index in [-0.39, 0.29) is 17.7 Å². The van der Waals surface area contributed by atoms with Crippen LogP contribution in [0.2, 0.25) is 0 Å². The number of phenolic OH excluding ortho intramolecular Hbond substituents is 1. The van der Waals surface area contributed by atoms with E-state index in [2.05, 4.69) is 0 Å². The van der Waals surface area contributed by atoms with Crippen LogP contribution in [0.25, 0.3) is 12.2 Å². The van der Waals surface area contributed by atoms with E-state index in [1.807, 2.05) is 97.9 Å². The summed E-state index contributed by atoms with van der Waals surface area (Å²) in [6.07, 6.45) is 6.62. The maximum Gasteiger partial charge on any atom is 0.311 e. The van der Waals surface area contributed by atoms with E-state index in [0.717, 1.165) is 23.3 Å². The Morgan fingerprint density at radius 1 is 0.698 bits per heavy atom. The van der Waals surface area contributed by atoms with Crippen LogP contribution in [0.1, 0.15) is 92.2 Å². The lowest BCUT2D eigenvalue weighted by molar-refractivity contribution is -0.156.